The first-order valence-corrected chi connectivity index (χ1v) is 21.7. The van der Waals surface area contributed by atoms with Crippen molar-refractivity contribution in [3.05, 3.63) is 93.5 Å². The topological polar surface area (TPSA) is 117 Å². The summed E-state index contributed by atoms with van der Waals surface area (Å²) in [6.07, 6.45) is 8.97. The number of hydrogen-bond donors (Lipinski definition) is 2. The van der Waals surface area contributed by atoms with Crippen molar-refractivity contribution in [2.24, 2.45) is 0 Å². The maximum atomic E-state index is 12.5. The second-order valence-corrected chi connectivity index (χ2v) is 18.6. The van der Waals surface area contributed by atoms with Gasteiger partial charge in [0, 0.05) is 36.9 Å². The smallest absolute Gasteiger partial charge is 0.283 e. The number of nitrogens with zero attached hydrogens (tertiary/aromatic N) is 2. The Morgan fingerprint density at radius 2 is 1.80 bits per heavy atom. The fraction of sp³-hybridized carbons (Fsp3) is 0.417. The van der Waals surface area contributed by atoms with Crippen molar-refractivity contribution in [3.63, 3.8) is 0 Å². The zero-order chi connectivity index (χ0) is 34.6. The highest BCUT2D eigenvalue weighted by Crippen LogP contribution is 2.50. The largest absolute Gasteiger partial charge is 0.365 e. The molecule has 0 bridgehead atoms. The lowest BCUT2D eigenvalue weighted by molar-refractivity contribution is -0.667. The molecule has 1 spiro atoms. The summed E-state index contributed by atoms with van der Waals surface area (Å²) < 4.78 is 65.8. The van der Waals surface area contributed by atoms with Crippen LogP contribution < -0.4 is 10.0 Å². The molecule has 9 nitrogen and oxygen atoms in total. The molecule has 4 aromatic rings. The lowest BCUT2D eigenvalue weighted by Gasteiger charge is -2.33. The van der Waals surface area contributed by atoms with Gasteiger partial charge in [-0.25, -0.2) is 0 Å². The summed E-state index contributed by atoms with van der Waals surface area (Å²) in [6.45, 7) is 6.17. The van der Waals surface area contributed by atoms with E-state index in [0.29, 0.717) is 32.5 Å². The Morgan fingerprint density at radius 3 is 2.57 bits per heavy atom. The lowest BCUT2D eigenvalue weighted by atomic mass is 9.83. The number of aryl methyl sites for hydroxylation is 2. The van der Waals surface area contributed by atoms with Gasteiger partial charge in [0.2, 0.25) is 5.52 Å². The third-order valence-corrected chi connectivity index (χ3v) is 13.7. The van der Waals surface area contributed by atoms with Crippen LogP contribution in [0.2, 0.25) is 0 Å². The molecule has 1 aliphatic heterocycles. The monoisotopic (exact) mass is 742 g/mol. The van der Waals surface area contributed by atoms with Crippen LogP contribution in [-0.2, 0) is 43.9 Å². The van der Waals surface area contributed by atoms with E-state index >= 15 is 0 Å². The van der Waals surface area contributed by atoms with E-state index in [1.165, 1.54) is 11.1 Å². The van der Waals surface area contributed by atoms with E-state index in [9.17, 15) is 21.4 Å². The van der Waals surface area contributed by atoms with Gasteiger partial charge >= 0.3 is 0 Å². The van der Waals surface area contributed by atoms with E-state index in [4.69, 9.17) is 4.28 Å². The van der Waals surface area contributed by atoms with Crippen LogP contribution in [0.3, 0.4) is 0 Å². The number of nitrogens with one attached hydrogen (secondary N) is 1. The summed E-state index contributed by atoms with van der Waals surface area (Å²) in [4.78, 5) is 2.30. The number of hydrogen-bond acceptors (Lipinski definition) is 9. The number of fused-ring (bicyclic) bond motifs is 4. The summed E-state index contributed by atoms with van der Waals surface area (Å²) in [5, 5.41) is 4.40. The standard InChI is InChI=1S/C36H43N3O6S4/c1-3-27(23-33-38(19-9-21-48(40,41)42)26-36(47-33)18-17-28-11-5-6-13-30(28)25-36)24-34-39(20-10-22-49(43,44)45-37-4-2)35-31-14-8-7-12-29(31)15-16-32(35)46-34/h5-8,11-16,23-24,37H,3-4,9-10,17-22,25-26H2,1-2H3/p+1. The van der Waals surface area contributed by atoms with Gasteiger partial charge in [-0.15, -0.1) is 0 Å². The number of rotatable bonds is 14. The average Bonchev–Trinajstić information content (AvgIpc) is 3.59. The molecule has 1 aromatic heterocycles. The summed E-state index contributed by atoms with van der Waals surface area (Å²) in [6, 6.07) is 21.2. The van der Waals surface area contributed by atoms with Crippen molar-refractivity contribution in [2.45, 2.75) is 63.7 Å². The molecule has 0 radical (unpaired) electrons. The van der Waals surface area contributed by atoms with Crippen LogP contribution in [-0.4, -0.2) is 62.2 Å². The molecule has 13 heteroatoms. The molecule has 1 fully saturated rings. The second kappa shape index (κ2) is 15.2. The van der Waals surface area contributed by atoms with Gasteiger partial charge in [0.15, 0.2) is 6.54 Å². The molecule has 6 rings (SSSR count). The Kier molecular flexibility index (Phi) is 11.2. The first-order valence-electron chi connectivity index (χ1n) is 16.8. The first kappa shape index (κ1) is 36.0. The van der Waals surface area contributed by atoms with Crippen LogP contribution in [0.1, 0.15) is 55.7 Å². The summed E-state index contributed by atoms with van der Waals surface area (Å²) in [7, 11) is -7.76. The third-order valence-electron chi connectivity index (χ3n) is 9.17. The summed E-state index contributed by atoms with van der Waals surface area (Å²) >= 11 is 3.59. The minimum atomic E-state index is -4.04. The average molecular weight is 743 g/mol. The quantitative estimate of drug-likeness (QED) is 0.0850. The van der Waals surface area contributed by atoms with Crippen molar-refractivity contribution < 1.29 is 30.2 Å². The molecule has 1 saturated heterocycles. The Morgan fingerprint density at radius 1 is 1.02 bits per heavy atom. The number of aromatic nitrogens is 1. The van der Waals surface area contributed by atoms with Crippen molar-refractivity contribution in [1.29, 1.82) is 0 Å². The molecule has 49 heavy (non-hydrogen) atoms. The Bertz CT molecular complexity index is 2110. The molecule has 1 atom stereocenters. The molecule has 2 aliphatic rings. The minimum Gasteiger partial charge on any atom is -0.365 e. The van der Waals surface area contributed by atoms with Crippen molar-refractivity contribution in [3.8, 4) is 0 Å². The highest BCUT2D eigenvalue weighted by molar-refractivity contribution is 8.04. The van der Waals surface area contributed by atoms with Crippen LogP contribution in [0.15, 0.2) is 77.3 Å². The molecule has 2 N–H and O–H groups in total. The Balaban J connectivity index is 1.35. The predicted molar refractivity (Wildman–Crippen MR) is 200 cm³/mol. The fourth-order valence-electron chi connectivity index (χ4n) is 6.84. The number of thiazole rings is 1. The van der Waals surface area contributed by atoms with Gasteiger partial charge in [0.05, 0.1) is 21.9 Å². The molecule has 3 aromatic carbocycles. The van der Waals surface area contributed by atoms with Crippen LogP contribution in [0.4, 0.5) is 0 Å². The van der Waals surface area contributed by atoms with E-state index in [1.54, 1.807) is 18.3 Å². The van der Waals surface area contributed by atoms with Gasteiger partial charge in [0.25, 0.3) is 25.2 Å². The van der Waals surface area contributed by atoms with Crippen LogP contribution >= 0.6 is 23.1 Å². The second-order valence-electron chi connectivity index (χ2n) is 12.8. The molecule has 0 amide bonds. The Labute approximate surface area is 297 Å². The normalized spacial score (nSPS) is 19.4. The van der Waals surface area contributed by atoms with Gasteiger partial charge in [-0.2, -0.15) is 31.2 Å². The zero-order valence-electron chi connectivity index (χ0n) is 27.9. The molecule has 1 aliphatic carbocycles. The SMILES string of the molecule is CCNOS(=O)(=O)CCC[n+]1c(/C=C(/C=C2\SC3(CCc4ccccc4C3)CN2CCCS(=O)(=O)O)CC)sc2ccc3ccccc3c21. The van der Waals surface area contributed by atoms with Crippen molar-refractivity contribution in [2.75, 3.05) is 31.1 Å². The lowest BCUT2D eigenvalue weighted by Crippen LogP contribution is -2.37. The van der Waals surface area contributed by atoms with Gasteiger partial charge in [0.1, 0.15) is 4.70 Å². The number of hydroxylamine groups is 1. The van der Waals surface area contributed by atoms with E-state index in [0.717, 1.165) is 68.8 Å². The molecular weight excluding hydrogens is 699 g/mol. The number of thioether (sulfide) groups is 1. The highest BCUT2D eigenvalue weighted by atomic mass is 32.2. The molecular formula is C36H44N3O6S4+. The maximum Gasteiger partial charge on any atom is 0.283 e. The van der Waals surface area contributed by atoms with Gasteiger partial charge in [-0.05, 0) is 72.4 Å². The first-order chi connectivity index (χ1) is 23.5. The van der Waals surface area contributed by atoms with E-state index < -0.39 is 20.2 Å². The summed E-state index contributed by atoms with van der Waals surface area (Å²) in [5.41, 5.74) is 7.46. The van der Waals surface area contributed by atoms with Gasteiger partial charge in [-0.3, -0.25) is 4.55 Å². The number of benzene rings is 3. The van der Waals surface area contributed by atoms with Crippen LogP contribution in [0.25, 0.3) is 27.1 Å². The molecule has 262 valence electrons. The van der Waals surface area contributed by atoms with Crippen LogP contribution in [0.5, 0.6) is 0 Å². The highest BCUT2D eigenvalue weighted by Gasteiger charge is 2.43. The molecule has 2 heterocycles. The van der Waals surface area contributed by atoms with E-state index in [-0.39, 0.29) is 16.3 Å². The third kappa shape index (κ3) is 8.76. The minimum absolute atomic E-state index is 0.00619. The summed E-state index contributed by atoms with van der Waals surface area (Å²) in [5.74, 6) is -0.373. The van der Waals surface area contributed by atoms with E-state index in [1.807, 2.05) is 23.9 Å². The van der Waals surface area contributed by atoms with Crippen LogP contribution in [0, 0.1) is 0 Å². The van der Waals surface area contributed by atoms with Gasteiger partial charge < -0.3 is 4.90 Å². The molecule has 0 saturated carbocycles. The van der Waals surface area contributed by atoms with Crippen molar-refractivity contribution >= 4 is 70.4 Å². The number of allylic oxidation sites excluding steroid dienone is 2. The zero-order valence-corrected chi connectivity index (χ0v) is 31.2. The fourth-order valence-corrected chi connectivity index (χ4v) is 11.0. The van der Waals surface area contributed by atoms with Crippen molar-refractivity contribution in [1.82, 2.24) is 10.4 Å². The van der Waals surface area contributed by atoms with Gasteiger partial charge in [-0.1, -0.05) is 85.5 Å². The molecule has 1 unspecified atom stereocenters. The van der Waals surface area contributed by atoms with E-state index in [2.05, 4.69) is 82.6 Å². The predicted octanol–water partition coefficient (Wildman–Crippen LogP) is 6.49. The Hall–Kier alpha value is -2.78. The maximum absolute atomic E-state index is 12.5.